The van der Waals surface area contributed by atoms with Crippen molar-refractivity contribution in [1.29, 1.82) is 0 Å². The number of aliphatic carboxylic acids is 1. The molecule has 1 heterocycles. The zero-order chi connectivity index (χ0) is 15.2. The third kappa shape index (κ3) is 6.20. The minimum absolute atomic E-state index is 0.149. The summed E-state index contributed by atoms with van der Waals surface area (Å²) in [5.41, 5.74) is 0. The first-order chi connectivity index (χ1) is 9.29. The van der Waals surface area contributed by atoms with E-state index < -0.39 is 27.9 Å². The van der Waals surface area contributed by atoms with Gasteiger partial charge in [0.25, 0.3) is 0 Å². The monoisotopic (exact) mass is 308 g/mol. The number of carbonyl (C=O) groups excluding carboxylic acids is 1. The predicted molar refractivity (Wildman–Crippen MR) is 71.3 cm³/mol. The van der Waals surface area contributed by atoms with E-state index in [1.807, 2.05) is 0 Å². The molecular weight excluding hydrogens is 288 g/mol. The second-order valence-electron chi connectivity index (χ2n) is 4.71. The fourth-order valence-electron chi connectivity index (χ4n) is 1.78. The van der Waals surface area contributed by atoms with Gasteiger partial charge in [-0.25, -0.2) is 18.0 Å². The molecule has 1 fully saturated rings. The van der Waals surface area contributed by atoms with Gasteiger partial charge in [-0.05, 0) is 12.8 Å². The number of carboxylic acid groups (broad SMARTS) is 1. The Bertz CT molecular complexity index is 442. The van der Waals surface area contributed by atoms with Gasteiger partial charge in [0.1, 0.15) is 15.9 Å². The molecule has 0 bridgehead atoms. The molecule has 0 aromatic carbocycles. The van der Waals surface area contributed by atoms with Gasteiger partial charge in [0.05, 0.1) is 12.4 Å². The number of nitrogens with zero attached hydrogens (tertiary/aromatic N) is 1. The first-order valence-electron chi connectivity index (χ1n) is 6.33. The summed E-state index contributed by atoms with van der Waals surface area (Å²) in [5.74, 6) is -1.53. The molecule has 0 saturated carbocycles. The number of carboxylic acids is 1. The van der Waals surface area contributed by atoms with Crippen LogP contribution >= 0.6 is 0 Å². The number of rotatable bonds is 5. The average Bonchev–Trinajstić information content (AvgIpc) is 2.61. The first-order valence-corrected chi connectivity index (χ1v) is 8.39. The van der Waals surface area contributed by atoms with Gasteiger partial charge in [-0.2, -0.15) is 0 Å². The Balaban J connectivity index is 2.55. The molecule has 0 aliphatic carbocycles. The Morgan fingerprint density at radius 1 is 1.35 bits per heavy atom. The van der Waals surface area contributed by atoms with Gasteiger partial charge in [-0.15, -0.1) is 0 Å². The highest BCUT2D eigenvalue weighted by molar-refractivity contribution is 7.90. The van der Waals surface area contributed by atoms with Crippen LogP contribution in [0.3, 0.4) is 0 Å². The standard InChI is InChI=1S/C11H20N2O6S/c1-20(17,18)8-3-9(10(14)15)12-11(16)13-4-2-6-19-7-5-13/h9H,2-8H2,1H3,(H,12,16)(H,14,15). The lowest BCUT2D eigenvalue weighted by Gasteiger charge is -2.23. The SMILES string of the molecule is CS(=O)(=O)CCC(NC(=O)N1CCCOCC1)C(=O)O. The number of hydrogen-bond acceptors (Lipinski definition) is 5. The molecule has 0 spiro atoms. The molecule has 1 aliphatic heterocycles. The molecule has 116 valence electrons. The molecule has 9 heteroatoms. The molecule has 1 aliphatic rings. The summed E-state index contributed by atoms with van der Waals surface area (Å²) in [6.45, 7) is 1.86. The summed E-state index contributed by atoms with van der Waals surface area (Å²) >= 11 is 0. The topological polar surface area (TPSA) is 113 Å². The predicted octanol–water partition coefficient (Wildman–Crippen LogP) is -0.694. The van der Waals surface area contributed by atoms with Gasteiger partial charge in [-0.3, -0.25) is 0 Å². The highest BCUT2D eigenvalue weighted by Gasteiger charge is 2.24. The maximum atomic E-state index is 11.9. The Labute approximate surface area is 118 Å². The maximum Gasteiger partial charge on any atom is 0.326 e. The second kappa shape index (κ2) is 7.44. The van der Waals surface area contributed by atoms with Crippen LogP contribution < -0.4 is 5.32 Å². The zero-order valence-electron chi connectivity index (χ0n) is 11.4. The van der Waals surface area contributed by atoms with Crippen molar-refractivity contribution in [3.8, 4) is 0 Å². The lowest BCUT2D eigenvalue weighted by molar-refractivity contribution is -0.139. The molecular formula is C11H20N2O6S. The lowest BCUT2D eigenvalue weighted by Crippen LogP contribution is -2.49. The number of ether oxygens (including phenoxy) is 1. The van der Waals surface area contributed by atoms with Crippen LogP contribution in [0.25, 0.3) is 0 Å². The molecule has 1 atom stereocenters. The van der Waals surface area contributed by atoms with Gasteiger partial charge in [0.15, 0.2) is 0 Å². The number of nitrogens with one attached hydrogen (secondary N) is 1. The number of sulfone groups is 1. The number of carbonyl (C=O) groups is 2. The van der Waals surface area contributed by atoms with Crippen molar-refractivity contribution in [2.75, 3.05) is 38.3 Å². The van der Waals surface area contributed by atoms with Crippen LogP contribution in [-0.2, 0) is 19.4 Å². The number of urea groups is 1. The van der Waals surface area contributed by atoms with Crippen molar-refractivity contribution < 1.29 is 27.9 Å². The van der Waals surface area contributed by atoms with E-state index in [2.05, 4.69) is 5.32 Å². The summed E-state index contributed by atoms with van der Waals surface area (Å²) in [5, 5.41) is 11.4. The van der Waals surface area contributed by atoms with E-state index in [1.54, 1.807) is 0 Å². The molecule has 2 amide bonds. The number of hydrogen-bond donors (Lipinski definition) is 2. The summed E-state index contributed by atoms with van der Waals surface area (Å²) in [6, 6.07) is -1.71. The first kappa shape index (κ1) is 16.7. The Morgan fingerprint density at radius 3 is 2.65 bits per heavy atom. The quantitative estimate of drug-likeness (QED) is 0.695. The largest absolute Gasteiger partial charge is 0.480 e. The fraction of sp³-hybridized carbons (Fsp3) is 0.818. The van der Waals surface area contributed by atoms with Crippen LogP contribution in [0.1, 0.15) is 12.8 Å². The molecule has 1 rings (SSSR count). The Kier molecular flexibility index (Phi) is 6.21. The van der Waals surface area contributed by atoms with E-state index >= 15 is 0 Å². The molecule has 1 unspecified atom stereocenters. The van der Waals surface area contributed by atoms with Crippen LogP contribution in [0.15, 0.2) is 0 Å². The van der Waals surface area contributed by atoms with Gasteiger partial charge in [0.2, 0.25) is 0 Å². The van der Waals surface area contributed by atoms with Crippen LogP contribution in [0.5, 0.6) is 0 Å². The highest BCUT2D eigenvalue weighted by Crippen LogP contribution is 2.02. The van der Waals surface area contributed by atoms with Crippen molar-refractivity contribution >= 4 is 21.8 Å². The molecule has 1 saturated heterocycles. The molecule has 0 aromatic rings. The van der Waals surface area contributed by atoms with Crippen LogP contribution in [0.4, 0.5) is 4.79 Å². The van der Waals surface area contributed by atoms with E-state index in [1.165, 1.54) is 4.90 Å². The fourth-order valence-corrected chi connectivity index (χ4v) is 2.44. The average molecular weight is 308 g/mol. The highest BCUT2D eigenvalue weighted by atomic mass is 32.2. The van der Waals surface area contributed by atoms with Crippen molar-refractivity contribution in [3.63, 3.8) is 0 Å². The second-order valence-corrected chi connectivity index (χ2v) is 6.97. The van der Waals surface area contributed by atoms with Crippen molar-refractivity contribution in [2.24, 2.45) is 0 Å². The van der Waals surface area contributed by atoms with Crippen LogP contribution in [-0.4, -0.2) is 74.8 Å². The van der Waals surface area contributed by atoms with E-state index in [9.17, 15) is 18.0 Å². The molecule has 0 radical (unpaired) electrons. The third-order valence-electron chi connectivity index (χ3n) is 2.88. The van der Waals surface area contributed by atoms with Gasteiger partial charge in [0, 0.05) is 26.0 Å². The van der Waals surface area contributed by atoms with Crippen LogP contribution in [0.2, 0.25) is 0 Å². The van der Waals surface area contributed by atoms with Gasteiger partial charge in [-0.1, -0.05) is 0 Å². The maximum absolute atomic E-state index is 11.9. The van der Waals surface area contributed by atoms with Crippen LogP contribution in [0, 0.1) is 0 Å². The van der Waals surface area contributed by atoms with E-state index in [-0.39, 0.29) is 12.2 Å². The normalized spacial score (nSPS) is 18.1. The van der Waals surface area contributed by atoms with E-state index in [0.29, 0.717) is 32.7 Å². The van der Waals surface area contributed by atoms with Gasteiger partial charge >= 0.3 is 12.0 Å². The molecule has 8 nitrogen and oxygen atoms in total. The zero-order valence-corrected chi connectivity index (χ0v) is 12.2. The van der Waals surface area contributed by atoms with Crippen molar-refractivity contribution in [3.05, 3.63) is 0 Å². The molecule has 0 aromatic heterocycles. The third-order valence-corrected chi connectivity index (χ3v) is 3.86. The Morgan fingerprint density at radius 2 is 2.05 bits per heavy atom. The van der Waals surface area contributed by atoms with Crippen molar-refractivity contribution in [2.45, 2.75) is 18.9 Å². The van der Waals surface area contributed by atoms with Gasteiger partial charge < -0.3 is 20.1 Å². The minimum atomic E-state index is -3.27. The number of amides is 2. The van der Waals surface area contributed by atoms with Crippen molar-refractivity contribution in [1.82, 2.24) is 10.2 Å². The molecule has 2 N–H and O–H groups in total. The summed E-state index contributed by atoms with van der Waals surface area (Å²) < 4.78 is 27.3. The minimum Gasteiger partial charge on any atom is -0.480 e. The lowest BCUT2D eigenvalue weighted by atomic mass is 10.2. The smallest absolute Gasteiger partial charge is 0.326 e. The van der Waals surface area contributed by atoms with E-state index in [0.717, 1.165) is 6.26 Å². The van der Waals surface area contributed by atoms with E-state index in [4.69, 9.17) is 9.84 Å². The molecule has 20 heavy (non-hydrogen) atoms. The Hall–Kier alpha value is -1.35. The summed E-state index contributed by atoms with van der Waals surface area (Å²) in [7, 11) is -3.27. The summed E-state index contributed by atoms with van der Waals surface area (Å²) in [6.07, 6.45) is 1.57. The summed E-state index contributed by atoms with van der Waals surface area (Å²) in [4.78, 5) is 24.5.